The van der Waals surface area contributed by atoms with Gasteiger partial charge in [-0.25, -0.2) is 4.79 Å². The van der Waals surface area contributed by atoms with Gasteiger partial charge in [0.2, 0.25) is 5.91 Å². The summed E-state index contributed by atoms with van der Waals surface area (Å²) in [6.45, 7) is 2.04. The summed E-state index contributed by atoms with van der Waals surface area (Å²) in [4.78, 5) is 33.8. The molecule has 0 aliphatic rings. The van der Waals surface area contributed by atoms with Gasteiger partial charge >= 0.3 is 5.97 Å². The summed E-state index contributed by atoms with van der Waals surface area (Å²) in [7, 11) is 0. The van der Waals surface area contributed by atoms with Gasteiger partial charge in [0, 0.05) is 24.9 Å². The number of carboxylic acid groups (broad SMARTS) is 1. The van der Waals surface area contributed by atoms with Crippen LogP contribution in [0.5, 0.6) is 0 Å². The average Bonchev–Trinajstić information content (AvgIpc) is 2.45. The van der Waals surface area contributed by atoms with Gasteiger partial charge in [0.05, 0.1) is 5.56 Å². The van der Waals surface area contributed by atoms with Crippen molar-refractivity contribution < 1.29 is 19.5 Å². The van der Waals surface area contributed by atoms with Gasteiger partial charge in [-0.3, -0.25) is 9.59 Å². The highest BCUT2D eigenvalue weighted by atomic mass is 16.4. The smallest absolute Gasteiger partial charge is 0.335 e. The Hall–Kier alpha value is -2.17. The molecule has 0 aromatic heterocycles. The first kappa shape index (κ1) is 16.9. The molecular formula is C16H21NO4. The second-order valence-electron chi connectivity index (χ2n) is 4.93. The molecule has 0 saturated carbocycles. The Labute approximate surface area is 124 Å². The molecule has 5 nitrogen and oxygen atoms in total. The fraction of sp³-hybridized carbons (Fsp3) is 0.438. The molecule has 0 fully saturated rings. The Kier molecular flexibility index (Phi) is 7.15. The SMILES string of the molecule is CCCCC(=O)CCCC(=O)Nc1ccc(C(=O)O)cc1. The largest absolute Gasteiger partial charge is 0.478 e. The first-order valence-electron chi connectivity index (χ1n) is 7.18. The third-order valence-corrected chi connectivity index (χ3v) is 3.08. The van der Waals surface area contributed by atoms with E-state index in [9.17, 15) is 14.4 Å². The molecule has 0 saturated heterocycles. The minimum atomic E-state index is -1.00. The van der Waals surface area contributed by atoms with Crippen molar-refractivity contribution >= 4 is 23.3 Å². The molecule has 1 rings (SSSR count). The summed E-state index contributed by atoms with van der Waals surface area (Å²) in [5, 5.41) is 11.4. The van der Waals surface area contributed by atoms with Crippen LogP contribution >= 0.6 is 0 Å². The van der Waals surface area contributed by atoms with E-state index in [2.05, 4.69) is 5.32 Å². The van der Waals surface area contributed by atoms with Gasteiger partial charge in [0.1, 0.15) is 5.78 Å². The molecule has 1 amide bonds. The number of aromatic carboxylic acids is 1. The molecule has 0 heterocycles. The van der Waals surface area contributed by atoms with Crippen molar-refractivity contribution in [1.29, 1.82) is 0 Å². The Morgan fingerprint density at radius 2 is 1.62 bits per heavy atom. The molecular weight excluding hydrogens is 270 g/mol. The van der Waals surface area contributed by atoms with Crippen LogP contribution < -0.4 is 5.32 Å². The van der Waals surface area contributed by atoms with Gasteiger partial charge in [-0.2, -0.15) is 0 Å². The summed E-state index contributed by atoms with van der Waals surface area (Å²) in [6.07, 6.45) is 3.76. The van der Waals surface area contributed by atoms with Crippen LogP contribution in [-0.2, 0) is 9.59 Å². The fourth-order valence-corrected chi connectivity index (χ4v) is 1.86. The molecule has 5 heteroatoms. The van der Waals surface area contributed by atoms with Crippen molar-refractivity contribution in [3.8, 4) is 0 Å². The van der Waals surface area contributed by atoms with Crippen molar-refractivity contribution in [2.45, 2.75) is 45.4 Å². The quantitative estimate of drug-likeness (QED) is 0.731. The highest BCUT2D eigenvalue weighted by Gasteiger charge is 2.07. The number of carboxylic acids is 1. The molecule has 2 N–H and O–H groups in total. The summed E-state index contributed by atoms with van der Waals surface area (Å²) in [6, 6.07) is 5.97. The molecule has 0 unspecified atom stereocenters. The minimum absolute atomic E-state index is 0.165. The van der Waals surface area contributed by atoms with Crippen LogP contribution in [0.4, 0.5) is 5.69 Å². The molecule has 114 valence electrons. The van der Waals surface area contributed by atoms with E-state index >= 15 is 0 Å². The van der Waals surface area contributed by atoms with Crippen molar-refractivity contribution in [2.24, 2.45) is 0 Å². The van der Waals surface area contributed by atoms with Gasteiger partial charge in [-0.05, 0) is 37.1 Å². The maximum atomic E-state index is 11.7. The summed E-state index contributed by atoms with van der Waals surface area (Å²) in [5.41, 5.74) is 0.733. The summed E-state index contributed by atoms with van der Waals surface area (Å²) >= 11 is 0. The van der Waals surface area contributed by atoms with Crippen LogP contribution in [0.2, 0.25) is 0 Å². The number of carbonyl (C=O) groups excluding carboxylic acids is 2. The number of benzene rings is 1. The topological polar surface area (TPSA) is 83.5 Å². The second kappa shape index (κ2) is 8.89. The van der Waals surface area contributed by atoms with Crippen molar-refractivity contribution in [1.82, 2.24) is 0 Å². The molecule has 0 spiro atoms. The van der Waals surface area contributed by atoms with E-state index < -0.39 is 5.97 Å². The summed E-state index contributed by atoms with van der Waals surface area (Å²) < 4.78 is 0. The monoisotopic (exact) mass is 291 g/mol. The highest BCUT2D eigenvalue weighted by molar-refractivity contribution is 5.92. The lowest BCUT2D eigenvalue weighted by Gasteiger charge is -2.05. The zero-order chi connectivity index (χ0) is 15.7. The normalized spacial score (nSPS) is 10.1. The van der Waals surface area contributed by atoms with Crippen LogP contribution in [0.15, 0.2) is 24.3 Å². The van der Waals surface area contributed by atoms with E-state index in [1.54, 1.807) is 12.1 Å². The third kappa shape index (κ3) is 6.70. The number of ketones is 1. The number of hydrogen-bond acceptors (Lipinski definition) is 3. The maximum absolute atomic E-state index is 11.7. The van der Waals surface area contributed by atoms with Crippen molar-refractivity contribution in [2.75, 3.05) is 5.32 Å². The molecule has 0 radical (unpaired) electrons. The predicted molar refractivity (Wildman–Crippen MR) is 80.4 cm³/mol. The number of carbonyl (C=O) groups is 3. The van der Waals surface area contributed by atoms with Crippen LogP contribution in [0.1, 0.15) is 55.8 Å². The van der Waals surface area contributed by atoms with Gasteiger partial charge in [0.25, 0.3) is 0 Å². The highest BCUT2D eigenvalue weighted by Crippen LogP contribution is 2.11. The first-order chi connectivity index (χ1) is 10.0. The van der Waals surface area contributed by atoms with Gasteiger partial charge in [-0.15, -0.1) is 0 Å². The number of anilines is 1. The molecule has 0 aliphatic carbocycles. The van der Waals surface area contributed by atoms with E-state index in [0.717, 1.165) is 12.8 Å². The molecule has 0 aliphatic heterocycles. The molecule has 1 aromatic carbocycles. The van der Waals surface area contributed by atoms with E-state index in [0.29, 0.717) is 31.4 Å². The predicted octanol–water partition coefficient (Wildman–Crippen LogP) is 3.25. The van der Waals surface area contributed by atoms with E-state index in [-0.39, 0.29) is 17.3 Å². The zero-order valence-corrected chi connectivity index (χ0v) is 12.2. The van der Waals surface area contributed by atoms with Gasteiger partial charge < -0.3 is 10.4 Å². The van der Waals surface area contributed by atoms with E-state index in [1.807, 2.05) is 6.92 Å². The average molecular weight is 291 g/mol. The number of nitrogens with one attached hydrogen (secondary N) is 1. The minimum Gasteiger partial charge on any atom is -0.478 e. The van der Waals surface area contributed by atoms with Crippen molar-refractivity contribution in [3.63, 3.8) is 0 Å². The molecule has 1 aromatic rings. The fourth-order valence-electron chi connectivity index (χ4n) is 1.86. The summed E-state index contributed by atoms with van der Waals surface area (Å²) in [5.74, 6) is -0.963. The lowest BCUT2D eigenvalue weighted by molar-refractivity contribution is -0.119. The first-order valence-corrected chi connectivity index (χ1v) is 7.18. The van der Waals surface area contributed by atoms with Crippen LogP contribution in [-0.4, -0.2) is 22.8 Å². The Morgan fingerprint density at radius 3 is 2.19 bits per heavy atom. The lowest BCUT2D eigenvalue weighted by atomic mass is 10.1. The lowest BCUT2D eigenvalue weighted by Crippen LogP contribution is -2.12. The molecule has 0 bridgehead atoms. The standard InChI is InChI=1S/C16H21NO4/c1-2-3-5-14(18)6-4-7-15(19)17-13-10-8-12(9-11-13)16(20)21/h8-11H,2-7H2,1H3,(H,17,19)(H,20,21). The number of amides is 1. The Morgan fingerprint density at radius 1 is 1.00 bits per heavy atom. The van der Waals surface area contributed by atoms with Crippen LogP contribution in [0, 0.1) is 0 Å². The number of hydrogen-bond donors (Lipinski definition) is 2. The van der Waals surface area contributed by atoms with Gasteiger partial charge in [-0.1, -0.05) is 13.3 Å². The Bertz CT molecular complexity index is 494. The Balaban J connectivity index is 2.30. The van der Waals surface area contributed by atoms with Crippen LogP contribution in [0.25, 0.3) is 0 Å². The number of Topliss-reactive ketones (excluding diaryl/α,β-unsaturated/α-hetero) is 1. The number of unbranched alkanes of at least 4 members (excludes halogenated alkanes) is 1. The second-order valence-corrected chi connectivity index (χ2v) is 4.93. The molecule has 21 heavy (non-hydrogen) atoms. The van der Waals surface area contributed by atoms with E-state index in [1.165, 1.54) is 12.1 Å². The molecule has 0 atom stereocenters. The zero-order valence-electron chi connectivity index (χ0n) is 12.2. The van der Waals surface area contributed by atoms with Crippen molar-refractivity contribution in [3.05, 3.63) is 29.8 Å². The van der Waals surface area contributed by atoms with Crippen LogP contribution in [0.3, 0.4) is 0 Å². The van der Waals surface area contributed by atoms with E-state index in [4.69, 9.17) is 5.11 Å². The van der Waals surface area contributed by atoms with Gasteiger partial charge in [0.15, 0.2) is 0 Å². The maximum Gasteiger partial charge on any atom is 0.335 e. The third-order valence-electron chi connectivity index (χ3n) is 3.08. The number of rotatable bonds is 9.